The number of benzene rings is 2. The van der Waals surface area contributed by atoms with Crippen molar-refractivity contribution in [3.63, 3.8) is 0 Å². The molecular formula is C13H9BrF2OZn. The summed E-state index contributed by atoms with van der Waals surface area (Å²) in [5.41, 5.74) is 0.826. The Hall–Kier alpha value is -0.797. The van der Waals surface area contributed by atoms with Gasteiger partial charge in [0.15, 0.2) is 0 Å². The first-order valence-electron chi connectivity index (χ1n) is 5.05. The van der Waals surface area contributed by atoms with Crippen LogP contribution < -0.4 is 4.74 Å². The van der Waals surface area contributed by atoms with E-state index in [-0.39, 0.29) is 12.4 Å². The van der Waals surface area contributed by atoms with Gasteiger partial charge in [0.25, 0.3) is 0 Å². The third-order valence-corrected chi connectivity index (χ3v) is 2.00. The average Bonchev–Trinajstić information content (AvgIpc) is 2.39. The predicted octanol–water partition coefficient (Wildman–Crippen LogP) is 4.19. The van der Waals surface area contributed by atoms with Gasteiger partial charge in [-0.3, -0.25) is 0 Å². The van der Waals surface area contributed by atoms with Crippen LogP contribution in [-0.2, 0) is 22.9 Å². The molecule has 0 heterocycles. The van der Waals surface area contributed by atoms with Gasteiger partial charge in [-0.2, -0.15) is 30.3 Å². The van der Waals surface area contributed by atoms with E-state index in [1.54, 1.807) is 6.07 Å². The van der Waals surface area contributed by atoms with Gasteiger partial charge in [0, 0.05) is 18.2 Å². The summed E-state index contributed by atoms with van der Waals surface area (Å²) < 4.78 is 30.9. The minimum absolute atomic E-state index is 0.176. The Kier molecular flexibility index (Phi) is 7.06. The zero-order valence-electron chi connectivity index (χ0n) is 9.50. The number of hydrogen-bond acceptors (Lipinski definition) is 1. The Labute approximate surface area is 121 Å². The summed E-state index contributed by atoms with van der Waals surface area (Å²) in [6, 6.07) is 13.3. The van der Waals surface area contributed by atoms with Crippen LogP contribution in [0, 0.1) is 17.7 Å². The Morgan fingerprint density at radius 2 is 1.78 bits per heavy atom. The van der Waals surface area contributed by atoms with Gasteiger partial charge < -0.3 is 4.74 Å². The summed E-state index contributed by atoms with van der Waals surface area (Å²) >= 11 is 4.25. The second-order valence-corrected chi connectivity index (χ2v) is 3.28. The molecule has 0 saturated heterocycles. The van der Waals surface area contributed by atoms with Crippen molar-refractivity contribution in [3.05, 3.63) is 65.7 Å². The summed E-state index contributed by atoms with van der Waals surface area (Å²) in [5.74, 6) is -1.12. The molecule has 0 fully saturated rings. The third-order valence-electron chi connectivity index (χ3n) is 2.00. The molecule has 0 bridgehead atoms. The van der Waals surface area contributed by atoms with E-state index in [0.717, 1.165) is 23.8 Å². The van der Waals surface area contributed by atoms with Crippen LogP contribution in [0.2, 0.25) is 0 Å². The summed E-state index contributed by atoms with van der Waals surface area (Å²) in [6.07, 6.45) is 0. The normalized spacial score (nSPS) is 9.39. The molecule has 0 aromatic heterocycles. The summed E-state index contributed by atoms with van der Waals surface area (Å²) in [6.45, 7) is 0.240. The van der Waals surface area contributed by atoms with Gasteiger partial charge in [-0.05, 0) is 0 Å². The topological polar surface area (TPSA) is 9.23 Å². The van der Waals surface area contributed by atoms with Crippen LogP contribution in [0.1, 0.15) is 5.56 Å². The van der Waals surface area contributed by atoms with Crippen molar-refractivity contribution in [1.29, 1.82) is 0 Å². The average molecular weight is 365 g/mol. The summed E-state index contributed by atoms with van der Waals surface area (Å²) in [7, 11) is 0. The molecule has 18 heavy (non-hydrogen) atoms. The molecule has 5 heteroatoms. The molecule has 0 spiro atoms. The van der Waals surface area contributed by atoms with Crippen molar-refractivity contribution in [3.8, 4) is 5.75 Å². The molecule has 0 N–H and O–H groups in total. The molecule has 0 aliphatic heterocycles. The van der Waals surface area contributed by atoms with Crippen molar-refractivity contribution in [2.45, 2.75) is 6.61 Å². The van der Waals surface area contributed by atoms with Crippen molar-refractivity contribution in [2.24, 2.45) is 0 Å². The molecule has 2 aromatic carbocycles. The van der Waals surface area contributed by atoms with Crippen LogP contribution in [0.4, 0.5) is 8.78 Å². The van der Waals surface area contributed by atoms with Crippen molar-refractivity contribution < 1.29 is 29.9 Å². The number of rotatable bonds is 3. The first kappa shape index (κ1) is 15.3. The summed E-state index contributed by atoms with van der Waals surface area (Å²) in [5, 5.41) is 0. The van der Waals surface area contributed by atoms with E-state index in [4.69, 9.17) is 4.74 Å². The van der Waals surface area contributed by atoms with Gasteiger partial charge in [0.05, 0.1) is 6.61 Å². The van der Waals surface area contributed by atoms with Crippen LogP contribution in [0.5, 0.6) is 5.75 Å². The molecule has 2 aromatic rings. The van der Waals surface area contributed by atoms with E-state index < -0.39 is 11.6 Å². The summed E-state index contributed by atoms with van der Waals surface area (Å²) in [4.78, 5) is 0. The van der Waals surface area contributed by atoms with E-state index in [9.17, 15) is 8.78 Å². The van der Waals surface area contributed by atoms with E-state index in [1.165, 1.54) is 16.3 Å². The maximum atomic E-state index is 12.8. The van der Waals surface area contributed by atoms with Crippen LogP contribution >= 0.6 is 13.6 Å². The first-order chi connectivity index (χ1) is 8.74. The molecule has 1 nitrogen and oxygen atoms in total. The van der Waals surface area contributed by atoms with E-state index in [2.05, 4.69) is 19.7 Å². The zero-order valence-corrected chi connectivity index (χ0v) is 14.1. The zero-order chi connectivity index (χ0) is 13.4. The van der Waals surface area contributed by atoms with Crippen molar-refractivity contribution >= 4 is 13.6 Å². The van der Waals surface area contributed by atoms with Crippen LogP contribution in [0.25, 0.3) is 0 Å². The van der Waals surface area contributed by atoms with Crippen molar-refractivity contribution in [2.75, 3.05) is 0 Å². The molecule has 2 rings (SSSR count). The Morgan fingerprint density at radius 3 is 2.33 bits per heavy atom. The maximum absolute atomic E-state index is 12.8. The number of hydrogen-bond donors (Lipinski definition) is 0. The van der Waals surface area contributed by atoms with Crippen LogP contribution in [0.3, 0.4) is 0 Å². The van der Waals surface area contributed by atoms with Crippen LogP contribution in [-0.4, -0.2) is 0 Å². The van der Waals surface area contributed by atoms with Crippen molar-refractivity contribution in [1.82, 2.24) is 0 Å². The van der Waals surface area contributed by atoms with Gasteiger partial charge in [-0.25, -0.2) is 8.78 Å². The SMILES string of the molecule is Fc1cc(F)cc(OCc2[c-]cccc2)c1.[Zn+][Br]. The molecule has 0 aliphatic carbocycles. The standard InChI is InChI=1S/C13H9F2O.BrH.Zn/c14-11-6-12(15)8-13(7-11)16-9-10-4-2-1-3-5-10;;/h1-4,6-8H,9H2;1H;/q-1;;+2/p-1. The number of halogens is 3. The molecule has 0 radical (unpaired) electrons. The van der Waals surface area contributed by atoms with Gasteiger partial charge in [-0.1, -0.05) is 0 Å². The number of ether oxygens (including phenoxy) is 1. The van der Waals surface area contributed by atoms with Gasteiger partial charge in [-0.15, -0.1) is 5.56 Å². The van der Waals surface area contributed by atoms with Crippen LogP contribution in [0.15, 0.2) is 42.5 Å². The fourth-order valence-corrected chi connectivity index (χ4v) is 1.29. The van der Waals surface area contributed by atoms with E-state index >= 15 is 0 Å². The third kappa shape index (κ3) is 5.24. The molecule has 0 saturated carbocycles. The molecule has 0 aliphatic rings. The van der Waals surface area contributed by atoms with Gasteiger partial charge in [0.2, 0.25) is 0 Å². The Balaban J connectivity index is 0.000000771. The molecule has 0 atom stereocenters. The molecule has 0 unspecified atom stereocenters. The molecule has 0 amide bonds. The first-order valence-corrected chi connectivity index (χ1v) is 12.0. The van der Waals surface area contributed by atoms with E-state index in [0.29, 0.717) is 0 Å². The Morgan fingerprint density at radius 1 is 1.11 bits per heavy atom. The second-order valence-electron chi connectivity index (χ2n) is 3.28. The van der Waals surface area contributed by atoms with Gasteiger partial charge in [0.1, 0.15) is 17.4 Å². The molecule has 90 valence electrons. The Bertz CT molecular complexity index is 459. The minimum atomic E-state index is -0.646. The predicted molar refractivity (Wildman–Crippen MR) is 64.9 cm³/mol. The van der Waals surface area contributed by atoms with Gasteiger partial charge >= 0.3 is 30.0 Å². The fourth-order valence-electron chi connectivity index (χ4n) is 1.29. The van der Waals surface area contributed by atoms with E-state index in [1.807, 2.05) is 18.2 Å². The molecular weight excluding hydrogens is 355 g/mol. The quantitative estimate of drug-likeness (QED) is 0.586. The fraction of sp³-hybridized carbons (Fsp3) is 0.0769. The monoisotopic (exact) mass is 362 g/mol. The second kappa shape index (κ2) is 8.33.